The molecule has 1 amide bonds. The van der Waals surface area contributed by atoms with E-state index in [9.17, 15) is 18.0 Å². The van der Waals surface area contributed by atoms with Crippen LogP contribution in [0.15, 0.2) is 36.4 Å². The van der Waals surface area contributed by atoms with Crippen molar-refractivity contribution >= 4 is 45.8 Å². The number of benzene rings is 2. The van der Waals surface area contributed by atoms with Crippen molar-refractivity contribution in [3.63, 3.8) is 0 Å². The third-order valence-corrected chi connectivity index (χ3v) is 4.46. The van der Waals surface area contributed by atoms with Gasteiger partial charge in [-0.2, -0.15) is 13.2 Å². The molecule has 0 aliphatic heterocycles. The van der Waals surface area contributed by atoms with Crippen LogP contribution in [0.3, 0.4) is 0 Å². The minimum Gasteiger partial charge on any atom is -0.322 e. The predicted molar refractivity (Wildman–Crippen MR) is 88.3 cm³/mol. The van der Waals surface area contributed by atoms with Gasteiger partial charge in [0.25, 0.3) is 5.91 Å². The van der Waals surface area contributed by atoms with Crippen LogP contribution >= 0.6 is 34.2 Å². The van der Waals surface area contributed by atoms with Crippen LogP contribution in [0.2, 0.25) is 5.02 Å². The molecule has 2 aromatic rings. The monoisotopic (exact) mass is 439 g/mol. The van der Waals surface area contributed by atoms with E-state index < -0.39 is 22.7 Å². The molecule has 2 rings (SSSR count). The van der Waals surface area contributed by atoms with E-state index in [1.54, 1.807) is 18.2 Å². The Morgan fingerprint density at radius 2 is 1.86 bits per heavy atom. The molecule has 22 heavy (non-hydrogen) atoms. The first-order chi connectivity index (χ1) is 10.2. The topological polar surface area (TPSA) is 29.1 Å². The molecule has 0 radical (unpaired) electrons. The Bertz CT molecular complexity index is 731. The molecule has 0 aliphatic rings. The Labute approximate surface area is 143 Å². The molecule has 0 spiro atoms. The number of nitrogens with one attached hydrogen (secondary N) is 1. The summed E-state index contributed by atoms with van der Waals surface area (Å²) in [6.45, 7) is 1.90. The lowest BCUT2D eigenvalue weighted by Crippen LogP contribution is -2.13. The molecule has 0 heterocycles. The summed E-state index contributed by atoms with van der Waals surface area (Å²) < 4.78 is 39.3. The van der Waals surface area contributed by atoms with Crippen LogP contribution in [0.25, 0.3) is 0 Å². The molecule has 0 aromatic heterocycles. The van der Waals surface area contributed by atoms with Gasteiger partial charge in [-0.25, -0.2) is 0 Å². The second-order valence-electron chi connectivity index (χ2n) is 4.61. The van der Waals surface area contributed by atoms with Crippen LogP contribution in [0.1, 0.15) is 21.5 Å². The molecule has 0 atom stereocenters. The molecule has 1 N–H and O–H groups in total. The Kier molecular flexibility index (Phi) is 5.01. The van der Waals surface area contributed by atoms with Gasteiger partial charge in [0.15, 0.2) is 0 Å². The molecule has 2 aromatic carbocycles. The van der Waals surface area contributed by atoms with Crippen LogP contribution in [0.5, 0.6) is 0 Å². The second-order valence-corrected chi connectivity index (χ2v) is 6.18. The van der Waals surface area contributed by atoms with Gasteiger partial charge in [0.2, 0.25) is 0 Å². The predicted octanol–water partition coefficient (Wildman–Crippen LogP) is 5.52. The van der Waals surface area contributed by atoms with Crippen molar-refractivity contribution < 1.29 is 18.0 Å². The van der Waals surface area contributed by atoms with E-state index in [1.165, 1.54) is 6.07 Å². The smallest absolute Gasteiger partial charge is 0.322 e. The summed E-state index contributed by atoms with van der Waals surface area (Å²) in [5, 5.41) is 2.04. The average molecular weight is 440 g/mol. The van der Waals surface area contributed by atoms with E-state index in [1.807, 2.05) is 6.92 Å². The number of carbonyl (C=O) groups excluding carboxylic acids is 1. The lowest BCUT2D eigenvalue weighted by atomic mass is 10.1. The number of amides is 1. The van der Waals surface area contributed by atoms with Gasteiger partial charge >= 0.3 is 6.18 Å². The van der Waals surface area contributed by atoms with E-state index in [-0.39, 0.29) is 5.69 Å². The fourth-order valence-corrected chi connectivity index (χ4v) is 2.50. The Hall–Kier alpha value is -1.28. The number of aryl methyl sites for hydroxylation is 1. The first-order valence-corrected chi connectivity index (χ1v) is 7.58. The standard InChI is InChI=1S/C15H10ClF3INO/c1-8-2-3-9(6-13(8)20)14(22)21-10-4-5-12(16)11(7-10)15(17,18)19/h2-7H,1H3,(H,21,22). The van der Waals surface area contributed by atoms with E-state index in [0.29, 0.717) is 5.56 Å². The third kappa shape index (κ3) is 3.92. The van der Waals surface area contributed by atoms with Crippen molar-refractivity contribution in [2.75, 3.05) is 5.32 Å². The summed E-state index contributed by atoms with van der Waals surface area (Å²) in [4.78, 5) is 12.1. The Morgan fingerprint density at radius 3 is 2.45 bits per heavy atom. The number of alkyl halides is 3. The van der Waals surface area contributed by atoms with Crippen molar-refractivity contribution in [2.45, 2.75) is 13.1 Å². The first-order valence-electron chi connectivity index (χ1n) is 6.13. The normalized spacial score (nSPS) is 11.4. The number of anilines is 1. The fraction of sp³-hybridized carbons (Fsp3) is 0.133. The number of hydrogen-bond donors (Lipinski definition) is 1. The molecular weight excluding hydrogens is 430 g/mol. The highest BCUT2D eigenvalue weighted by atomic mass is 127. The molecule has 0 unspecified atom stereocenters. The van der Waals surface area contributed by atoms with E-state index >= 15 is 0 Å². The lowest BCUT2D eigenvalue weighted by Gasteiger charge is -2.12. The van der Waals surface area contributed by atoms with Gasteiger partial charge in [-0.15, -0.1) is 0 Å². The van der Waals surface area contributed by atoms with Crippen molar-refractivity contribution in [1.82, 2.24) is 0 Å². The van der Waals surface area contributed by atoms with E-state index in [2.05, 4.69) is 27.9 Å². The molecule has 0 aliphatic carbocycles. The zero-order chi connectivity index (χ0) is 16.5. The summed E-state index contributed by atoms with van der Waals surface area (Å²) in [5.41, 5.74) is 0.448. The van der Waals surface area contributed by atoms with Crippen molar-refractivity contribution in [3.8, 4) is 0 Å². The Morgan fingerprint density at radius 1 is 1.18 bits per heavy atom. The number of hydrogen-bond acceptors (Lipinski definition) is 1. The van der Waals surface area contributed by atoms with Gasteiger partial charge in [0.1, 0.15) is 0 Å². The maximum absolute atomic E-state index is 12.8. The van der Waals surface area contributed by atoms with Gasteiger partial charge in [0, 0.05) is 14.8 Å². The van der Waals surface area contributed by atoms with Gasteiger partial charge in [0.05, 0.1) is 10.6 Å². The molecule has 0 fully saturated rings. The minimum atomic E-state index is -4.57. The zero-order valence-corrected chi connectivity index (χ0v) is 14.2. The largest absolute Gasteiger partial charge is 0.417 e. The summed E-state index contributed by atoms with van der Waals surface area (Å²) >= 11 is 7.63. The highest BCUT2D eigenvalue weighted by Crippen LogP contribution is 2.36. The van der Waals surface area contributed by atoms with Gasteiger partial charge in [-0.05, 0) is 65.4 Å². The van der Waals surface area contributed by atoms with Crippen molar-refractivity contribution in [2.24, 2.45) is 0 Å². The fourth-order valence-electron chi connectivity index (χ4n) is 1.76. The number of rotatable bonds is 2. The van der Waals surface area contributed by atoms with Gasteiger partial charge < -0.3 is 5.32 Å². The SMILES string of the molecule is Cc1ccc(C(=O)Nc2ccc(Cl)c(C(F)(F)F)c2)cc1I. The molecule has 0 bridgehead atoms. The molecule has 116 valence electrons. The lowest BCUT2D eigenvalue weighted by molar-refractivity contribution is -0.137. The summed E-state index contributed by atoms with van der Waals surface area (Å²) in [6, 6.07) is 8.33. The Balaban J connectivity index is 2.27. The molecule has 7 heteroatoms. The quantitative estimate of drug-likeness (QED) is 0.613. The van der Waals surface area contributed by atoms with Crippen LogP contribution in [-0.2, 0) is 6.18 Å². The van der Waals surface area contributed by atoms with Crippen LogP contribution in [0, 0.1) is 10.5 Å². The number of halogens is 5. The first kappa shape index (κ1) is 17.1. The van der Waals surface area contributed by atoms with Crippen molar-refractivity contribution in [1.29, 1.82) is 0 Å². The second kappa shape index (κ2) is 6.45. The van der Waals surface area contributed by atoms with Gasteiger partial charge in [-0.3, -0.25) is 4.79 Å². The van der Waals surface area contributed by atoms with Gasteiger partial charge in [-0.1, -0.05) is 17.7 Å². The van der Waals surface area contributed by atoms with Crippen LogP contribution < -0.4 is 5.32 Å². The minimum absolute atomic E-state index is 0.0392. The molecular formula is C15H10ClF3INO. The maximum atomic E-state index is 12.8. The highest BCUT2D eigenvalue weighted by Gasteiger charge is 2.33. The number of carbonyl (C=O) groups is 1. The maximum Gasteiger partial charge on any atom is 0.417 e. The molecule has 0 saturated heterocycles. The summed E-state index contributed by atoms with van der Waals surface area (Å²) in [5.74, 6) is -0.478. The third-order valence-electron chi connectivity index (χ3n) is 2.96. The van der Waals surface area contributed by atoms with E-state index in [0.717, 1.165) is 21.3 Å². The average Bonchev–Trinajstić information content (AvgIpc) is 2.42. The summed E-state index contributed by atoms with van der Waals surface area (Å²) in [7, 11) is 0. The molecule has 0 saturated carbocycles. The van der Waals surface area contributed by atoms with E-state index in [4.69, 9.17) is 11.6 Å². The van der Waals surface area contributed by atoms with Crippen molar-refractivity contribution in [3.05, 3.63) is 61.7 Å². The zero-order valence-electron chi connectivity index (χ0n) is 11.3. The molecule has 2 nitrogen and oxygen atoms in total. The highest BCUT2D eigenvalue weighted by molar-refractivity contribution is 14.1. The van der Waals surface area contributed by atoms with Crippen LogP contribution in [0.4, 0.5) is 18.9 Å². The summed E-state index contributed by atoms with van der Waals surface area (Å²) in [6.07, 6.45) is -4.57. The van der Waals surface area contributed by atoms with Crippen LogP contribution in [-0.4, -0.2) is 5.91 Å².